The summed E-state index contributed by atoms with van der Waals surface area (Å²) in [6, 6.07) is 8.01. The Morgan fingerprint density at radius 1 is 1.17 bits per heavy atom. The Kier molecular flexibility index (Phi) is 8.13. The normalized spacial score (nSPS) is 20.1. The van der Waals surface area contributed by atoms with E-state index < -0.39 is 0 Å². The van der Waals surface area contributed by atoms with Gasteiger partial charge in [-0.1, -0.05) is 12.1 Å². The number of nitrogens with one attached hydrogen (secondary N) is 1. The van der Waals surface area contributed by atoms with Gasteiger partial charge >= 0.3 is 0 Å². The van der Waals surface area contributed by atoms with Gasteiger partial charge in [0.05, 0.1) is 6.61 Å². The average molecular weight is 405 g/mol. The van der Waals surface area contributed by atoms with Crippen molar-refractivity contribution in [2.24, 2.45) is 4.99 Å². The van der Waals surface area contributed by atoms with Crippen LogP contribution >= 0.6 is 0 Å². The first-order valence-corrected chi connectivity index (χ1v) is 10.3. The summed E-state index contributed by atoms with van der Waals surface area (Å²) in [7, 11) is 3.45. The minimum Gasteiger partial charge on any atom is -0.491 e. The number of aliphatic imine (C=N–C) groups is 1. The van der Waals surface area contributed by atoms with Crippen molar-refractivity contribution < 1.29 is 19.0 Å². The van der Waals surface area contributed by atoms with E-state index >= 15 is 0 Å². The number of benzene rings is 1. The Morgan fingerprint density at radius 2 is 1.90 bits per heavy atom. The van der Waals surface area contributed by atoms with Crippen molar-refractivity contribution in [3.8, 4) is 5.75 Å². The Bertz CT molecular complexity index is 666. The standard InChI is InChI=1S/C21H32N4O4/c1-22-21(23-16-17-5-7-18(8-6-17)28-15-14-27-2)25-11-9-24(10-12-25)20(26)19-4-3-13-29-19/h5-8,19H,3-4,9-16H2,1-2H3,(H,22,23). The number of hydrogen-bond donors (Lipinski definition) is 1. The predicted octanol–water partition coefficient (Wildman–Crippen LogP) is 1.11. The van der Waals surface area contributed by atoms with Gasteiger partial charge in [-0.3, -0.25) is 9.79 Å². The topological polar surface area (TPSA) is 75.6 Å². The smallest absolute Gasteiger partial charge is 0.251 e. The van der Waals surface area contributed by atoms with E-state index in [4.69, 9.17) is 14.2 Å². The van der Waals surface area contributed by atoms with Gasteiger partial charge in [-0.05, 0) is 30.5 Å². The molecular weight excluding hydrogens is 372 g/mol. The number of amides is 1. The molecule has 1 unspecified atom stereocenters. The number of nitrogens with zero attached hydrogens (tertiary/aromatic N) is 3. The van der Waals surface area contributed by atoms with E-state index in [1.165, 1.54) is 0 Å². The minimum atomic E-state index is -0.236. The zero-order chi connectivity index (χ0) is 20.5. The van der Waals surface area contributed by atoms with E-state index in [2.05, 4.69) is 15.2 Å². The number of guanidine groups is 1. The van der Waals surface area contributed by atoms with Crippen LogP contribution in [0.15, 0.2) is 29.3 Å². The SMILES string of the molecule is CN=C(NCc1ccc(OCCOC)cc1)N1CCN(C(=O)C2CCCO2)CC1. The molecule has 2 aliphatic rings. The summed E-state index contributed by atoms with van der Waals surface area (Å²) in [5.41, 5.74) is 1.15. The number of carbonyl (C=O) groups excluding carboxylic acids is 1. The van der Waals surface area contributed by atoms with E-state index in [1.54, 1.807) is 14.2 Å². The van der Waals surface area contributed by atoms with Crippen molar-refractivity contribution in [1.29, 1.82) is 0 Å². The van der Waals surface area contributed by atoms with Gasteiger partial charge in [0.1, 0.15) is 18.5 Å². The highest BCUT2D eigenvalue weighted by Gasteiger charge is 2.30. The summed E-state index contributed by atoms with van der Waals surface area (Å²) in [6.07, 6.45) is 1.59. The van der Waals surface area contributed by atoms with Crippen molar-refractivity contribution in [3.63, 3.8) is 0 Å². The maximum Gasteiger partial charge on any atom is 0.251 e. The second kappa shape index (κ2) is 11.0. The summed E-state index contributed by atoms with van der Waals surface area (Å²) >= 11 is 0. The second-order valence-electron chi connectivity index (χ2n) is 7.20. The van der Waals surface area contributed by atoms with Gasteiger partial charge in [0.2, 0.25) is 0 Å². The molecule has 3 rings (SSSR count). The lowest BCUT2D eigenvalue weighted by Gasteiger charge is -2.37. The summed E-state index contributed by atoms with van der Waals surface area (Å²) in [5, 5.41) is 3.41. The highest BCUT2D eigenvalue weighted by molar-refractivity contribution is 5.82. The zero-order valence-electron chi connectivity index (χ0n) is 17.4. The molecule has 2 heterocycles. The lowest BCUT2D eigenvalue weighted by Crippen LogP contribution is -2.55. The molecule has 1 atom stereocenters. The molecule has 2 saturated heterocycles. The fourth-order valence-electron chi connectivity index (χ4n) is 3.57. The molecule has 0 saturated carbocycles. The van der Waals surface area contributed by atoms with Crippen LogP contribution in [-0.4, -0.2) is 87.9 Å². The third kappa shape index (κ3) is 6.08. The Labute approximate surface area is 172 Å². The summed E-state index contributed by atoms with van der Waals surface area (Å²) in [5.74, 6) is 1.83. The van der Waals surface area contributed by atoms with Crippen LogP contribution in [0.4, 0.5) is 0 Å². The van der Waals surface area contributed by atoms with Crippen LogP contribution in [0.1, 0.15) is 18.4 Å². The van der Waals surface area contributed by atoms with Crippen molar-refractivity contribution in [1.82, 2.24) is 15.1 Å². The van der Waals surface area contributed by atoms with Crippen LogP contribution in [0, 0.1) is 0 Å². The maximum atomic E-state index is 12.5. The molecule has 1 aromatic rings. The Morgan fingerprint density at radius 3 is 2.52 bits per heavy atom. The molecule has 1 amide bonds. The van der Waals surface area contributed by atoms with E-state index in [0.717, 1.165) is 43.2 Å². The van der Waals surface area contributed by atoms with Crippen LogP contribution in [0.25, 0.3) is 0 Å². The number of hydrogen-bond acceptors (Lipinski definition) is 5. The molecule has 0 aromatic heterocycles. The van der Waals surface area contributed by atoms with Gasteiger partial charge in [-0.2, -0.15) is 0 Å². The first kappa shape index (κ1) is 21.4. The highest BCUT2D eigenvalue weighted by atomic mass is 16.5. The molecule has 29 heavy (non-hydrogen) atoms. The molecule has 0 aliphatic carbocycles. The minimum absolute atomic E-state index is 0.137. The van der Waals surface area contributed by atoms with Gasteiger partial charge in [0, 0.05) is 53.5 Å². The molecule has 8 nitrogen and oxygen atoms in total. The third-order valence-corrected chi connectivity index (χ3v) is 5.24. The van der Waals surface area contributed by atoms with Crippen molar-refractivity contribution in [2.45, 2.75) is 25.5 Å². The fraction of sp³-hybridized carbons (Fsp3) is 0.619. The molecule has 0 spiro atoms. The summed E-state index contributed by atoms with van der Waals surface area (Å²) in [4.78, 5) is 21.0. The molecule has 2 fully saturated rings. The average Bonchev–Trinajstić information content (AvgIpc) is 3.30. The van der Waals surface area contributed by atoms with E-state index in [-0.39, 0.29) is 12.0 Å². The lowest BCUT2D eigenvalue weighted by atomic mass is 10.2. The van der Waals surface area contributed by atoms with Crippen molar-refractivity contribution >= 4 is 11.9 Å². The van der Waals surface area contributed by atoms with Crippen molar-refractivity contribution in [3.05, 3.63) is 29.8 Å². The Balaban J connectivity index is 1.43. The maximum absolute atomic E-state index is 12.5. The lowest BCUT2D eigenvalue weighted by molar-refractivity contribution is -0.142. The van der Waals surface area contributed by atoms with Gasteiger partial charge in [0.15, 0.2) is 5.96 Å². The van der Waals surface area contributed by atoms with Gasteiger partial charge in [-0.25, -0.2) is 0 Å². The molecule has 8 heteroatoms. The monoisotopic (exact) mass is 404 g/mol. The predicted molar refractivity (Wildman–Crippen MR) is 111 cm³/mol. The highest BCUT2D eigenvalue weighted by Crippen LogP contribution is 2.16. The zero-order valence-corrected chi connectivity index (χ0v) is 17.4. The number of piperazine rings is 1. The molecule has 160 valence electrons. The Hall–Kier alpha value is -2.32. The molecule has 0 bridgehead atoms. The van der Waals surface area contributed by atoms with Gasteiger partial charge in [0.25, 0.3) is 5.91 Å². The van der Waals surface area contributed by atoms with Crippen LogP contribution in [0.5, 0.6) is 5.75 Å². The van der Waals surface area contributed by atoms with Gasteiger partial charge < -0.3 is 29.3 Å². The molecule has 1 N–H and O–H groups in total. The summed E-state index contributed by atoms with van der Waals surface area (Å²) in [6.45, 7) is 5.44. The molecule has 2 aliphatic heterocycles. The van der Waals surface area contributed by atoms with Crippen molar-refractivity contribution in [2.75, 3.05) is 60.2 Å². The fourth-order valence-corrected chi connectivity index (χ4v) is 3.57. The number of carbonyl (C=O) groups is 1. The number of rotatable bonds is 7. The van der Waals surface area contributed by atoms with E-state index in [1.807, 2.05) is 29.2 Å². The first-order chi connectivity index (χ1) is 14.2. The number of ether oxygens (including phenoxy) is 3. The molecular formula is C21H32N4O4. The van der Waals surface area contributed by atoms with Crippen LogP contribution < -0.4 is 10.1 Å². The largest absolute Gasteiger partial charge is 0.491 e. The van der Waals surface area contributed by atoms with E-state index in [0.29, 0.717) is 39.5 Å². The second-order valence-corrected chi connectivity index (χ2v) is 7.20. The number of methoxy groups -OCH3 is 1. The summed E-state index contributed by atoms with van der Waals surface area (Å²) < 4.78 is 16.1. The molecule has 1 aromatic carbocycles. The quantitative estimate of drug-likeness (QED) is 0.417. The molecule has 0 radical (unpaired) electrons. The van der Waals surface area contributed by atoms with Crippen LogP contribution in [-0.2, 0) is 20.8 Å². The van der Waals surface area contributed by atoms with Crippen LogP contribution in [0.3, 0.4) is 0 Å². The third-order valence-electron chi connectivity index (χ3n) is 5.24. The van der Waals surface area contributed by atoms with E-state index in [9.17, 15) is 4.79 Å². The first-order valence-electron chi connectivity index (χ1n) is 10.3. The van der Waals surface area contributed by atoms with Crippen LogP contribution in [0.2, 0.25) is 0 Å². The van der Waals surface area contributed by atoms with Gasteiger partial charge in [-0.15, -0.1) is 0 Å².